The van der Waals surface area contributed by atoms with Gasteiger partial charge in [-0.2, -0.15) is 10.2 Å². The van der Waals surface area contributed by atoms with Gasteiger partial charge in [0.05, 0.1) is 29.5 Å². The molecule has 0 aliphatic carbocycles. The lowest BCUT2D eigenvalue weighted by molar-refractivity contribution is 0.0992. The van der Waals surface area contributed by atoms with Gasteiger partial charge in [-0.05, 0) is 44.0 Å². The van der Waals surface area contributed by atoms with E-state index in [0.29, 0.717) is 11.4 Å². The number of furan rings is 1. The molecule has 2 N–H and O–H groups in total. The number of nitrogens with zero attached hydrogens (tertiary/aromatic N) is 4. The fourth-order valence-corrected chi connectivity index (χ4v) is 3.53. The number of benzene rings is 1. The molecular weight excluding hydrogens is 436 g/mol. The highest BCUT2D eigenvalue weighted by atomic mass is 16.5. The number of hydrogen-bond acceptors (Lipinski definition) is 6. The van der Waals surface area contributed by atoms with Gasteiger partial charge in [0.2, 0.25) is 0 Å². The molecule has 34 heavy (non-hydrogen) atoms. The van der Waals surface area contributed by atoms with Crippen LogP contribution in [-0.4, -0.2) is 31.4 Å². The summed E-state index contributed by atoms with van der Waals surface area (Å²) >= 11 is 0. The third-order valence-electron chi connectivity index (χ3n) is 5.54. The number of carbonyl (C=O) groups is 2. The van der Waals surface area contributed by atoms with E-state index in [1.165, 1.54) is 10.9 Å². The van der Waals surface area contributed by atoms with Gasteiger partial charge in [0.15, 0.2) is 5.76 Å². The van der Waals surface area contributed by atoms with E-state index in [1.807, 2.05) is 39.0 Å². The van der Waals surface area contributed by atoms with E-state index >= 15 is 0 Å². The van der Waals surface area contributed by atoms with Crippen LogP contribution in [0.4, 0.5) is 11.4 Å². The standard InChI is InChI=1S/C24H26N6O4/c1-14-7-6-8-15(2)22(14)33-13-17-9-10-20(34-17)23(31)28-19-12-26-30(5)21(19)24(32)27-18-11-25-29(4)16(18)3/h6-12H,13H2,1-5H3,(H,27,32)(H,28,31). The van der Waals surface area contributed by atoms with Crippen molar-refractivity contribution in [3.8, 4) is 5.75 Å². The normalized spacial score (nSPS) is 10.9. The molecule has 3 aromatic heterocycles. The van der Waals surface area contributed by atoms with Crippen molar-refractivity contribution in [1.82, 2.24) is 19.6 Å². The number of para-hydroxylation sites is 1. The van der Waals surface area contributed by atoms with Crippen molar-refractivity contribution < 1.29 is 18.7 Å². The van der Waals surface area contributed by atoms with Crippen LogP contribution >= 0.6 is 0 Å². The third kappa shape index (κ3) is 4.56. The van der Waals surface area contributed by atoms with E-state index in [2.05, 4.69) is 20.8 Å². The van der Waals surface area contributed by atoms with Gasteiger partial charge < -0.3 is 19.8 Å². The number of nitrogens with one attached hydrogen (secondary N) is 2. The summed E-state index contributed by atoms with van der Waals surface area (Å²) in [5, 5.41) is 13.7. The monoisotopic (exact) mass is 462 g/mol. The predicted molar refractivity (Wildman–Crippen MR) is 126 cm³/mol. The Labute approximate surface area is 196 Å². The summed E-state index contributed by atoms with van der Waals surface area (Å²) in [6.07, 6.45) is 2.98. The van der Waals surface area contributed by atoms with Crippen molar-refractivity contribution in [1.29, 1.82) is 0 Å². The Hall–Kier alpha value is -4.34. The zero-order chi connectivity index (χ0) is 24.4. The lowest BCUT2D eigenvalue weighted by Gasteiger charge is -2.10. The van der Waals surface area contributed by atoms with Gasteiger partial charge in [0.25, 0.3) is 11.8 Å². The van der Waals surface area contributed by atoms with Crippen molar-refractivity contribution in [2.45, 2.75) is 27.4 Å². The van der Waals surface area contributed by atoms with Crippen LogP contribution in [0.15, 0.2) is 47.1 Å². The molecule has 176 valence electrons. The smallest absolute Gasteiger partial charge is 0.291 e. The van der Waals surface area contributed by atoms with Gasteiger partial charge in [0.1, 0.15) is 23.8 Å². The number of aromatic nitrogens is 4. The van der Waals surface area contributed by atoms with Crippen molar-refractivity contribution in [2.24, 2.45) is 14.1 Å². The number of aryl methyl sites for hydroxylation is 4. The summed E-state index contributed by atoms with van der Waals surface area (Å²) in [4.78, 5) is 25.7. The Balaban J connectivity index is 1.44. The molecule has 0 saturated heterocycles. The summed E-state index contributed by atoms with van der Waals surface area (Å²) in [6.45, 7) is 5.97. The number of rotatable bonds is 7. The van der Waals surface area contributed by atoms with Gasteiger partial charge in [-0.3, -0.25) is 19.0 Å². The minimum Gasteiger partial charge on any atom is -0.485 e. The van der Waals surface area contributed by atoms with Crippen LogP contribution in [0.2, 0.25) is 0 Å². The molecule has 1 aromatic carbocycles. The maximum Gasteiger partial charge on any atom is 0.291 e. The Morgan fingerprint density at radius 3 is 2.24 bits per heavy atom. The molecule has 2 amide bonds. The first kappa shape index (κ1) is 22.8. The van der Waals surface area contributed by atoms with E-state index < -0.39 is 11.8 Å². The van der Waals surface area contributed by atoms with Gasteiger partial charge in [-0.1, -0.05) is 18.2 Å². The molecule has 10 heteroatoms. The van der Waals surface area contributed by atoms with Crippen molar-refractivity contribution in [3.63, 3.8) is 0 Å². The molecule has 10 nitrogen and oxygen atoms in total. The summed E-state index contributed by atoms with van der Waals surface area (Å²) in [6, 6.07) is 9.16. The zero-order valence-electron chi connectivity index (χ0n) is 19.7. The summed E-state index contributed by atoms with van der Waals surface area (Å²) < 4.78 is 14.6. The van der Waals surface area contributed by atoms with Crippen LogP contribution in [0.25, 0.3) is 0 Å². The fraction of sp³-hybridized carbons (Fsp3) is 0.250. The van der Waals surface area contributed by atoms with E-state index in [-0.39, 0.29) is 23.7 Å². The minimum atomic E-state index is -0.502. The molecule has 0 aliphatic heterocycles. The number of hydrogen-bond donors (Lipinski definition) is 2. The maximum absolute atomic E-state index is 12.9. The molecule has 3 heterocycles. The van der Waals surface area contributed by atoms with Crippen LogP contribution in [0, 0.1) is 20.8 Å². The number of ether oxygens (including phenoxy) is 1. The van der Waals surface area contributed by atoms with Crippen LogP contribution in [0.3, 0.4) is 0 Å². The van der Waals surface area contributed by atoms with Crippen molar-refractivity contribution in [3.05, 3.63) is 76.8 Å². The second-order valence-corrected chi connectivity index (χ2v) is 7.98. The SMILES string of the molecule is Cc1cccc(C)c1OCc1ccc(C(=O)Nc2cnn(C)c2C(=O)Nc2cnn(C)c2C)o1. The summed E-state index contributed by atoms with van der Waals surface area (Å²) in [5.41, 5.74) is 3.87. The van der Waals surface area contributed by atoms with Crippen LogP contribution in [-0.2, 0) is 20.7 Å². The molecule has 0 aliphatic rings. The number of carbonyl (C=O) groups excluding carboxylic acids is 2. The van der Waals surface area contributed by atoms with Crippen LogP contribution < -0.4 is 15.4 Å². The zero-order valence-corrected chi connectivity index (χ0v) is 19.7. The fourth-order valence-electron chi connectivity index (χ4n) is 3.53. The first-order valence-corrected chi connectivity index (χ1v) is 10.7. The Morgan fingerprint density at radius 2 is 1.56 bits per heavy atom. The quantitative estimate of drug-likeness (QED) is 0.432. The molecular formula is C24H26N6O4. The maximum atomic E-state index is 12.9. The largest absolute Gasteiger partial charge is 0.485 e. The lowest BCUT2D eigenvalue weighted by atomic mass is 10.1. The third-order valence-corrected chi connectivity index (χ3v) is 5.54. The van der Waals surface area contributed by atoms with E-state index in [9.17, 15) is 9.59 Å². The van der Waals surface area contributed by atoms with Gasteiger partial charge in [-0.25, -0.2) is 0 Å². The Kier molecular flexibility index (Phi) is 6.22. The topological polar surface area (TPSA) is 116 Å². The van der Waals surface area contributed by atoms with Crippen molar-refractivity contribution >= 4 is 23.2 Å². The first-order valence-electron chi connectivity index (χ1n) is 10.7. The van der Waals surface area contributed by atoms with E-state index in [4.69, 9.17) is 9.15 Å². The molecule has 0 radical (unpaired) electrons. The van der Waals surface area contributed by atoms with Gasteiger partial charge in [-0.15, -0.1) is 0 Å². The van der Waals surface area contributed by atoms with Crippen molar-refractivity contribution in [2.75, 3.05) is 10.6 Å². The van der Waals surface area contributed by atoms with Gasteiger partial charge in [0, 0.05) is 14.1 Å². The molecule has 0 fully saturated rings. The van der Waals surface area contributed by atoms with Crippen LogP contribution in [0.5, 0.6) is 5.75 Å². The predicted octanol–water partition coefficient (Wildman–Crippen LogP) is 3.76. The lowest BCUT2D eigenvalue weighted by Crippen LogP contribution is -2.20. The second kappa shape index (κ2) is 9.26. The molecule has 4 rings (SSSR count). The van der Waals surface area contributed by atoms with E-state index in [0.717, 1.165) is 22.6 Å². The highest BCUT2D eigenvalue weighted by Crippen LogP contribution is 2.24. The molecule has 4 aromatic rings. The number of amides is 2. The highest BCUT2D eigenvalue weighted by molar-refractivity contribution is 6.11. The minimum absolute atomic E-state index is 0.0958. The van der Waals surface area contributed by atoms with Crippen LogP contribution in [0.1, 0.15) is 43.6 Å². The first-order chi connectivity index (χ1) is 16.2. The highest BCUT2D eigenvalue weighted by Gasteiger charge is 2.22. The van der Waals surface area contributed by atoms with E-state index in [1.54, 1.807) is 37.1 Å². The molecule has 0 saturated carbocycles. The second-order valence-electron chi connectivity index (χ2n) is 7.98. The average Bonchev–Trinajstić information content (AvgIpc) is 3.49. The molecule has 0 unspecified atom stereocenters. The summed E-state index contributed by atoms with van der Waals surface area (Å²) in [5.74, 6) is 0.466. The summed E-state index contributed by atoms with van der Waals surface area (Å²) in [7, 11) is 3.40. The molecule has 0 atom stereocenters. The molecule has 0 bridgehead atoms. The van der Waals surface area contributed by atoms with Gasteiger partial charge >= 0.3 is 0 Å². The average molecular weight is 463 g/mol. The number of anilines is 2. The Morgan fingerprint density at radius 1 is 0.912 bits per heavy atom. The Bertz CT molecular complexity index is 1340. The molecule has 0 spiro atoms.